The van der Waals surface area contributed by atoms with Crippen LogP contribution in [0.1, 0.15) is 57.1 Å². The van der Waals surface area contributed by atoms with Crippen LogP contribution in [0.4, 0.5) is 0 Å². The Labute approximate surface area is 156 Å². The van der Waals surface area contributed by atoms with Gasteiger partial charge in [0.1, 0.15) is 0 Å². The fourth-order valence-electron chi connectivity index (χ4n) is 6.65. The minimum atomic E-state index is -0.0162. The molecule has 1 aromatic heterocycles. The summed E-state index contributed by atoms with van der Waals surface area (Å²) in [5, 5.41) is 0. The van der Waals surface area contributed by atoms with Crippen molar-refractivity contribution in [3.63, 3.8) is 0 Å². The van der Waals surface area contributed by atoms with Gasteiger partial charge in [-0.15, -0.1) is 0 Å². The van der Waals surface area contributed by atoms with Crippen molar-refractivity contribution in [2.24, 2.45) is 23.2 Å². The highest BCUT2D eigenvalue weighted by atomic mass is 16.5. The number of hydrogen-bond donors (Lipinski definition) is 0. The van der Waals surface area contributed by atoms with Crippen molar-refractivity contribution in [3.05, 3.63) is 30.1 Å². The summed E-state index contributed by atoms with van der Waals surface area (Å²) in [6, 6.07) is 5.92. The molecular formula is C22H30N2O2. The zero-order valence-electron chi connectivity index (χ0n) is 15.6. The van der Waals surface area contributed by atoms with E-state index in [-0.39, 0.29) is 11.5 Å². The number of aromatic nitrogens is 1. The quantitative estimate of drug-likeness (QED) is 0.826. The van der Waals surface area contributed by atoms with Gasteiger partial charge in [0.25, 0.3) is 0 Å². The standard InChI is InChI=1S/C22H30N2O2/c25-21(22-11-16-8-17(12-22)10-18(9-16)13-22)24-7-3-5-20(14-24)26-15-19-4-1-2-6-23-19/h1-2,4,6,16-18,20H,3,5,7-15H2/t16?,17?,18?,20-,22?/m0/s1. The summed E-state index contributed by atoms with van der Waals surface area (Å²) in [5.41, 5.74) is 0.953. The molecule has 6 rings (SSSR count). The van der Waals surface area contributed by atoms with Crippen molar-refractivity contribution in [1.29, 1.82) is 0 Å². The van der Waals surface area contributed by atoms with Gasteiger partial charge in [0.2, 0.25) is 5.91 Å². The first-order chi connectivity index (χ1) is 12.7. The Morgan fingerprint density at radius 1 is 1.15 bits per heavy atom. The number of ether oxygens (including phenoxy) is 1. The van der Waals surface area contributed by atoms with Crippen molar-refractivity contribution < 1.29 is 9.53 Å². The molecule has 5 fully saturated rings. The summed E-state index contributed by atoms with van der Waals surface area (Å²) in [4.78, 5) is 20.0. The molecule has 4 heteroatoms. The van der Waals surface area contributed by atoms with Crippen LogP contribution < -0.4 is 0 Å². The summed E-state index contributed by atoms with van der Waals surface area (Å²) in [6.07, 6.45) is 11.7. The fraction of sp³-hybridized carbons (Fsp3) is 0.727. The number of hydrogen-bond acceptors (Lipinski definition) is 3. The summed E-state index contributed by atoms with van der Waals surface area (Å²) >= 11 is 0. The van der Waals surface area contributed by atoms with E-state index < -0.39 is 0 Å². The Hall–Kier alpha value is -1.42. The lowest BCUT2D eigenvalue weighted by Crippen LogP contribution is -2.56. The maximum atomic E-state index is 13.5. The molecule has 0 unspecified atom stereocenters. The molecule has 0 N–H and O–H groups in total. The van der Waals surface area contributed by atoms with Crippen LogP contribution in [0.15, 0.2) is 24.4 Å². The molecule has 4 saturated carbocycles. The predicted octanol–water partition coefficient (Wildman–Crippen LogP) is 3.81. The van der Waals surface area contributed by atoms with Crippen molar-refractivity contribution in [2.45, 2.75) is 64.1 Å². The molecule has 1 aromatic rings. The molecule has 0 aromatic carbocycles. The molecule has 4 bridgehead atoms. The van der Waals surface area contributed by atoms with Gasteiger partial charge < -0.3 is 9.64 Å². The summed E-state index contributed by atoms with van der Waals surface area (Å²) in [7, 11) is 0. The maximum Gasteiger partial charge on any atom is 0.228 e. The third-order valence-electron chi connectivity index (χ3n) is 7.35. The van der Waals surface area contributed by atoms with Gasteiger partial charge in [-0.05, 0) is 81.3 Å². The lowest BCUT2D eigenvalue weighted by Gasteiger charge is -2.57. The van der Waals surface area contributed by atoms with Crippen molar-refractivity contribution in [3.8, 4) is 0 Å². The average Bonchev–Trinajstić information content (AvgIpc) is 2.66. The van der Waals surface area contributed by atoms with Crippen molar-refractivity contribution in [2.75, 3.05) is 13.1 Å². The summed E-state index contributed by atoms with van der Waals surface area (Å²) < 4.78 is 6.11. The van der Waals surface area contributed by atoms with E-state index in [0.717, 1.165) is 68.6 Å². The van der Waals surface area contributed by atoms with E-state index in [1.807, 2.05) is 24.4 Å². The first kappa shape index (κ1) is 16.7. The SMILES string of the molecule is O=C(N1CCC[C@H](OCc2ccccn2)C1)C12CC3CC(CC(C3)C1)C2. The third-order valence-corrected chi connectivity index (χ3v) is 7.35. The largest absolute Gasteiger partial charge is 0.370 e. The highest BCUT2D eigenvalue weighted by molar-refractivity contribution is 5.83. The number of carbonyl (C=O) groups is 1. The Bertz CT molecular complexity index is 624. The molecule has 1 amide bonds. The zero-order valence-corrected chi connectivity index (χ0v) is 15.6. The molecule has 0 radical (unpaired) electrons. The van der Waals surface area contributed by atoms with E-state index in [0.29, 0.717) is 12.5 Å². The smallest absolute Gasteiger partial charge is 0.228 e. The van der Waals surface area contributed by atoms with Gasteiger partial charge >= 0.3 is 0 Å². The number of carbonyl (C=O) groups excluding carboxylic acids is 1. The first-order valence-corrected chi connectivity index (χ1v) is 10.5. The predicted molar refractivity (Wildman–Crippen MR) is 99.2 cm³/mol. The molecule has 2 heterocycles. The molecule has 4 nitrogen and oxygen atoms in total. The van der Waals surface area contributed by atoms with Gasteiger partial charge in [-0.3, -0.25) is 9.78 Å². The minimum absolute atomic E-state index is 0.0162. The van der Waals surface area contributed by atoms with Crippen LogP contribution in [0.2, 0.25) is 0 Å². The van der Waals surface area contributed by atoms with Crippen molar-refractivity contribution in [1.82, 2.24) is 9.88 Å². The second kappa shape index (κ2) is 6.63. The Kier molecular flexibility index (Phi) is 4.27. The number of nitrogens with zero attached hydrogens (tertiary/aromatic N) is 2. The number of likely N-dealkylation sites (tertiary alicyclic amines) is 1. The maximum absolute atomic E-state index is 13.5. The number of amides is 1. The van der Waals surface area contributed by atoms with Crippen LogP contribution in [-0.4, -0.2) is 35.0 Å². The Balaban J connectivity index is 1.23. The number of piperidine rings is 1. The first-order valence-electron chi connectivity index (χ1n) is 10.5. The van der Waals surface area contributed by atoms with Gasteiger partial charge in [0, 0.05) is 19.3 Å². The van der Waals surface area contributed by atoms with Crippen LogP contribution in [0.25, 0.3) is 0 Å². The molecule has 1 atom stereocenters. The van der Waals surface area contributed by atoms with Crippen LogP contribution >= 0.6 is 0 Å². The van der Waals surface area contributed by atoms with E-state index in [1.54, 1.807) is 0 Å². The van der Waals surface area contributed by atoms with Gasteiger partial charge in [-0.25, -0.2) is 0 Å². The Morgan fingerprint density at radius 3 is 2.54 bits per heavy atom. The van der Waals surface area contributed by atoms with Crippen LogP contribution in [0, 0.1) is 23.2 Å². The molecule has 1 aliphatic heterocycles. The summed E-state index contributed by atoms with van der Waals surface area (Å²) in [5.74, 6) is 2.94. The van der Waals surface area contributed by atoms with Crippen LogP contribution in [0.5, 0.6) is 0 Å². The van der Waals surface area contributed by atoms with E-state index in [2.05, 4.69) is 9.88 Å². The van der Waals surface area contributed by atoms with Gasteiger partial charge in [0.05, 0.1) is 23.8 Å². The minimum Gasteiger partial charge on any atom is -0.370 e. The summed E-state index contributed by atoms with van der Waals surface area (Å²) in [6.45, 7) is 2.24. The lowest BCUT2D eigenvalue weighted by molar-refractivity contribution is -0.161. The topological polar surface area (TPSA) is 42.4 Å². The number of pyridine rings is 1. The second-order valence-corrected chi connectivity index (χ2v) is 9.35. The van der Waals surface area contributed by atoms with Gasteiger partial charge in [-0.1, -0.05) is 6.07 Å². The van der Waals surface area contributed by atoms with Gasteiger partial charge in [-0.2, -0.15) is 0 Å². The molecule has 26 heavy (non-hydrogen) atoms. The van der Waals surface area contributed by atoms with Crippen LogP contribution in [0.3, 0.4) is 0 Å². The molecule has 4 aliphatic carbocycles. The zero-order chi connectivity index (χ0) is 17.6. The molecule has 0 spiro atoms. The normalized spacial score (nSPS) is 38.5. The van der Waals surface area contributed by atoms with Crippen molar-refractivity contribution >= 4 is 5.91 Å². The van der Waals surface area contributed by atoms with E-state index in [1.165, 1.54) is 19.3 Å². The highest BCUT2D eigenvalue weighted by Gasteiger charge is 2.55. The van der Waals surface area contributed by atoms with Crippen LogP contribution in [-0.2, 0) is 16.1 Å². The van der Waals surface area contributed by atoms with E-state index >= 15 is 0 Å². The third kappa shape index (κ3) is 3.06. The lowest BCUT2D eigenvalue weighted by atomic mass is 9.49. The van der Waals surface area contributed by atoms with E-state index in [4.69, 9.17) is 4.74 Å². The monoisotopic (exact) mass is 354 g/mol. The number of rotatable bonds is 4. The molecular weight excluding hydrogens is 324 g/mol. The second-order valence-electron chi connectivity index (χ2n) is 9.35. The van der Waals surface area contributed by atoms with Gasteiger partial charge in [0.15, 0.2) is 0 Å². The Morgan fingerprint density at radius 2 is 1.88 bits per heavy atom. The van der Waals surface area contributed by atoms with E-state index in [9.17, 15) is 4.79 Å². The molecule has 5 aliphatic rings. The molecule has 1 saturated heterocycles. The highest BCUT2D eigenvalue weighted by Crippen LogP contribution is 2.60. The average molecular weight is 354 g/mol. The fourth-order valence-corrected chi connectivity index (χ4v) is 6.65. The molecule has 140 valence electrons.